The van der Waals surface area contributed by atoms with Gasteiger partial charge < -0.3 is 24.7 Å². The Morgan fingerprint density at radius 2 is 1.83 bits per heavy atom. The highest BCUT2D eigenvalue weighted by molar-refractivity contribution is 7.18. The number of fused-ring (bicyclic) bond motifs is 1. The first kappa shape index (κ1) is 27.5. The number of ether oxygens (including phenoxy) is 1. The molecule has 0 radical (unpaired) electrons. The van der Waals surface area contributed by atoms with Gasteiger partial charge in [-0.15, -0.1) is 21.5 Å². The monoisotopic (exact) mass is 589 g/mol. The molecule has 2 fully saturated rings. The molecule has 216 valence electrons. The molecular weight excluding hydrogens is 562 g/mol. The number of carbonyl (C=O) groups is 4. The van der Waals surface area contributed by atoms with Crippen molar-refractivity contribution in [3.8, 4) is 11.1 Å². The molecule has 2 aliphatic heterocycles. The molecule has 2 saturated heterocycles. The van der Waals surface area contributed by atoms with Crippen LogP contribution in [0.2, 0.25) is 0 Å². The van der Waals surface area contributed by atoms with Crippen LogP contribution in [0.4, 0.5) is 4.79 Å². The average Bonchev–Trinajstić information content (AvgIpc) is 3.68. The highest BCUT2D eigenvalue weighted by Gasteiger charge is 2.43. The number of nitrogens with zero attached hydrogens (tertiary/aromatic N) is 4. The number of benzene rings is 2. The van der Waals surface area contributed by atoms with Gasteiger partial charge in [-0.1, -0.05) is 18.2 Å². The Kier molecular flexibility index (Phi) is 7.16. The predicted molar refractivity (Wildman–Crippen MR) is 151 cm³/mol. The van der Waals surface area contributed by atoms with Crippen molar-refractivity contribution in [2.45, 2.75) is 31.8 Å². The van der Waals surface area contributed by atoms with Crippen LogP contribution in [-0.4, -0.2) is 75.7 Å². The number of rotatable bonds is 7. The molecule has 5 amide bonds. The number of morpholine rings is 1. The fourth-order valence-corrected chi connectivity index (χ4v) is 5.94. The summed E-state index contributed by atoms with van der Waals surface area (Å²) < 4.78 is 12.1. The van der Waals surface area contributed by atoms with Crippen LogP contribution in [0, 0.1) is 0 Å². The van der Waals surface area contributed by atoms with Crippen LogP contribution < -0.4 is 16.0 Å². The molecule has 0 aliphatic carbocycles. The van der Waals surface area contributed by atoms with E-state index in [1.807, 2.05) is 42.5 Å². The van der Waals surface area contributed by atoms with E-state index in [1.165, 1.54) is 18.3 Å². The van der Waals surface area contributed by atoms with Crippen molar-refractivity contribution >= 4 is 45.3 Å². The first-order valence-electron chi connectivity index (χ1n) is 13.3. The molecule has 0 spiro atoms. The van der Waals surface area contributed by atoms with E-state index in [-0.39, 0.29) is 30.0 Å². The van der Waals surface area contributed by atoms with Gasteiger partial charge in [-0.3, -0.25) is 19.7 Å². The summed E-state index contributed by atoms with van der Waals surface area (Å²) in [5.74, 6) is -0.592. The maximum Gasteiger partial charge on any atom is 0.322 e. The van der Waals surface area contributed by atoms with Crippen molar-refractivity contribution in [1.29, 1.82) is 0 Å². The van der Waals surface area contributed by atoms with Gasteiger partial charge >= 0.3 is 6.03 Å². The predicted octanol–water partition coefficient (Wildman–Crippen LogP) is 2.18. The highest BCUT2D eigenvalue weighted by atomic mass is 32.1. The standard InChI is InChI=1S/C28H27N7O6S/c1-15(36)29-22(23-34-33-21(41-23)14-28(2)26(38)31-27(39)32-28)24-30-19-8-7-18(13-20(19)42-24)16-3-5-17(6-4-16)25(37)35-9-11-40-12-10-35/h3-8,13,22H,9-12,14H2,1-2H3,(H,29,36)(H2,31,32,38,39). The second-order valence-corrected chi connectivity index (χ2v) is 11.4. The van der Waals surface area contributed by atoms with Crippen molar-refractivity contribution in [3.05, 3.63) is 64.8 Å². The molecule has 3 N–H and O–H groups in total. The third-order valence-corrected chi connectivity index (χ3v) is 8.20. The van der Waals surface area contributed by atoms with E-state index in [2.05, 4.69) is 26.1 Å². The fraction of sp³-hybridized carbons (Fsp3) is 0.321. The van der Waals surface area contributed by atoms with Gasteiger partial charge in [0.25, 0.3) is 11.8 Å². The van der Waals surface area contributed by atoms with Crippen LogP contribution in [0.5, 0.6) is 0 Å². The summed E-state index contributed by atoms with van der Waals surface area (Å²) >= 11 is 1.37. The molecule has 4 aromatic rings. The zero-order valence-electron chi connectivity index (χ0n) is 22.8. The SMILES string of the molecule is CC(=O)NC(c1nnc(CC2(C)NC(=O)NC2=O)o1)c1nc2ccc(-c3ccc(C(=O)N4CCOCC4)cc3)cc2s1. The molecule has 2 unspecified atom stereocenters. The minimum absolute atomic E-state index is 0.00837. The lowest BCUT2D eigenvalue weighted by Crippen LogP contribution is -2.45. The van der Waals surface area contributed by atoms with E-state index in [4.69, 9.17) is 14.1 Å². The number of aromatic nitrogens is 3. The summed E-state index contributed by atoms with van der Waals surface area (Å²) in [5.41, 5.74) is 2.02. The van der Waals surface area contributed by atoms with Crippen LogP contribution >= 0.6 is 11.3 Å². The summed E-state index contributed by atoms with van der Waals surface area (Å²) in [7, 11) is 0. The van der Waals surface area contributed by atoms with Crippen LogP contribution in [0.3, 0.4) is 0 Å². The molecule has 0 bridgehead atoms. The molecule has 2 aliphatic rings. The maximum absolute atomic E-state index is 12.8. The number of urea groups is 1. The van der Waals surface area contributed by atoms with E-state index >= 15 is 0 Å². The molecule has 13 nitrogen and oxygen atoms in total. The average molecular weight is 590 g/mol. The largest absolute Gasteiger partial charge is 0.422 e. The molecule has 2 aromatic heterocycles. The normalized spacial score (nSPS) is 19.4. The van der Waals surface area contributed by atoms with Gasteiger partial charge in [0.1, 0.15) is 10.5 Å². The molecule has 42 heavy (non-hydrogen) atoms. The highest BCUT2D eigenvalue weighted by Crippen LogP contribution is 2.33. The van der Waals surface area contributed by atoms with Gasteiger partial charge in [-0.2, -0.15) is 0 Å². The Hall–Kier alpha value is -4.69. The zero-order chi connectivity index (χ0) is 29.4. The van der Waals surface area contributed by atoms with Crippen LogP contribution in [0.25, 0.3) is 21.3 Å². The quantitative estimate of drug-likeness (QED) is 0.274. The van der Waals surface area contributed by atoms with E-state index in [9.17, 15) is 19.2 Å². The van der Waals surface area contributed by atoms with Gasteiger partial charge in [-0.05, 0) is 42.3 Å². The topological polar surface area (TPSA) is 169 Å². The van der Waals surface area contributed by atoms with Crippen molar-refractivity contribution < 1.29 is 28.3 Å². The molecular formula is C28H27N7O6S. The number of nitrogens with one attached hydrogen (secondary N) is 3. The van der Waals surface area contributed by atoms with Crippen LogP contribution in [-0.2, 0) is 20.7 Å². The third-order valence-electron chi connectivity index (χ3n) is 7.11. The Balaban J connectivity index is 1.23. The third kappa shape index (κ3) is 5.45. The van der Waals surface area contributed by atoms with E-state index < -0.39 is 23.5 Å². The minimum Gasteiger partial charge on any atom is -0.422 e. The Morgan fingerprint density at radius 3 is 2.52 bits per heavy atom. The van der Waals surface area contributed by atoms with Gasteiger partial charge in [0.05, 0.1) is 29.9 Å². The molecule has 4 heterocycles. The van der Waals surface area contributed by atoms with Crippen LogP contribution in [0.15, 0.2) is 46.9 Å². The van der Waals surface area contributed by atoms with Gasteiger partial charge in [0.2, 0.25) is 17.7 Å². The number of thiazole rings is 1. The molecule has 14 heteroatoms. The number of hydrogen-bond acceptors (Lipinski definition) is 10. The number of carbonyl (C=O) groups excluding carboxylic acids is 4. The first-order valence-corrected chi connectivity index (χ1v) is 14.1. The van der Waals surface area contributed by atoms with Crippen molar-refractivity contribution in [1.82, 2.24) is 36.0 Å². The number of amides is 5. The second-order valence-electron chi connectivity index (χ2n) is 10.3. The van der Waals surface area contributed by atoms with Crippen molar-refractivity contribution in [3.63, 3.8) is 0 Å². The molecule has 2 aromatic carbocycles. The Labute approximate surface area is 243 Å². The summed E-state index contributed by atoms with van der Waals surface area (Å²) in [5, 5.41) is 16.3. The summed E-state index contributed by atoms with van der Waals surface area (Å²) in [6.07, 6.45) is -0.0234. The lowest BCUT2D eigenvalue weighted by molar-refractivity contribution is -0.123. The summed E-state index contributed by atoms with van der Waals surface area (Å²) in [4.78, 5) is 55.2. The van der Waals surface area contributed by atoms with Gasteiger partial charge in [0.15, 0.2) is 6.04 Å². The number of imide groups is 1. The number of hydrogen-bond donors (Lipinski definition) is 3. The van der Waals surface area contributed by atoms with E-state index in [0.29, 0.717) is 36.9 Å². The smallest absolute Gasteiger partial charge is 0.322 e. The molecule has 2 atom stereocenters. The van der Waals surface area contributed by atoms with Gasteiger partial charge in [-0.25, -0.2) is 9.78 Å². The summed E-state index contributed by atoms with van der Waals surface area (Å²) in [6.45, 7) is 5.21. The fourth-order valence-electron chi connectivity index (χ4n) is 4.89. The molecule has 0 saturated carbocycles. The van der Waals surface area contributed by atoms with E-state index in [1.54, 1.807) is 11.8 Å². The lowest BCUT2D eigenvalue weighted by Gasteiger charge is -2.26. The van der Waals surface area contributed by atoms with E-state index in [0.717, 1.165) is 21.3 Å². The molecule has 6 rings (SSSR count). The van der Waals surface area contributed by atoms with Gasteiger partial charge in [0, 0.05) is 25.6 Å². The lowest BCUT2D eigenvalue weighted by atomic mass is 9.98. The van der Waals surface area contributed by atoms with Crippen molar-refractivity contribution in [2.75, 3.05) is 26.3 Å². The second kappa shape index (κ2) is 10.9. The maximum atomic E-state index is 12.8. The Bertz CT molecular complexity index is 1690. The van der Waals surface area contributed by atoms with Crippen molar-refractivity contribution in [2.24, 2.45) is 0 Å². The minimum atomic E-state index is -1.23. The first-order chi connectivity index (χ1) is 20.2. The van der Waals surface area contributed by atoms with Crippen LogP contribution in [0.1, 0.15) is 47.0 Å². The zero-order valence-corrected chi connectivity index (χ0v) is 23.6. The summed E-state index contributed by atoms with van der Waals surface area (Å²) in [6, 6.07) is 11.9. The Morgan fingerprint density at radius 1 is 1.10 bits per heavy atom.